The van der Waals surface area contributed by atoms with Crippen LogP contribution in [0.5, 0.6) is 5.75 Å². The molecular weight excluding hydrogens is 302 g/mol. The van der Waals surface area contributed by atoms with Crippen LogP contribution in [0.15, 0.2) is 46.9 Å². The van der Waals surface area contributed by atoms with Crippen LogP contribution in [0.4, 0.5) is 0 Å². The van der Waals surface area contributed by atoms with Crippen molar-refractivity contribution in [1.82, 2.24) is 4.98 Å². The predicted molar refractivity (Wildman–Crippen MR) is 92.0 cm³/mol. The second kappa shape index (κ2) is 6.11. The monoisotopic (exact) mass is 321 g/mol. The minimum Gasteiger partial charge on any atom is -0.507 e. The smallest absolute Gasteiger partial charge is 0.231 e. The van der Waals surface area contributed by atoms with E-state index in [1.807, 2.05) is 24.3 Å². The van der Waals surface area contributed by atoms with Gasteiger partial charge in [-0.1, -0.05) is 31.4 Å². The molecule has 4 heteroatoms. The van der Waals surface area contributed by atoms with E-state index in [1.165, 1.54) is 6.42 Å². The minimum atomic E-state index is 0.0711. The van der Waals surface area contributed by atoms with Crippen molar-refractivity contribution >= 4 is 16.9 Å². The van der Waals surface area contributed by atoms with Gasteiger partial charge >= 0.3 is 0 Å². The molecule has 1 saturated carbocycles. The van der Waals surface area contributed by atoms with Crippen LogP contribution < -0.4 is 0 Å². The Morgan fingerprint density at radius 2 is 1.88 bits per heavy atom. The number of hydrogen-bond donors (Lipinski definition) is 1. The number of benzene rings is 2. The molecule has 4 rings (SSSR count). The summed E-state index contributed by atoms with van der Waals surface area (Å²) < 4.78 is 5.73. The van der Waals surface area contributed by atoms with Crippen LogP contribution in [-0.2, 0) is 0 Å². The predicted octanol–water partition coefficient (Wildman–Crippen LogP) is 4.96. The Bertz CT molecular complexity index is 858. The number of aromatic nitrogens is 1. The van der Waals surface area contributed by atoms with Gasteiger partial charge < -0.3 is 9.52 Å². The molecule has 3 aromatic rings. The van der Waals surface area contributed by atoms with Crippen LogP contribution in [0, 0.1) is 5.92 Å². The molecule has 1 heterocycles. The number of phenolic OH excluding ortho intramolecular Hbond substituents is 1. The standard InChI is InChI=1S/C20H19NO3/c22-17-11-10-14(19(23)13-6-2-1-3-7-13)12-15(17)20-21-16-8-4-5-9-18(16)24-20/h4-5,8-13,22H,1-3,6-7H2. The maximum atomic E-state index is 12.7. The van der Waals surface area contributed by atoms with Crippen molar-refractivity contribution in [3.8, 4) is 17.2 Å². The molecule has 1 N–H and O–H groups in total. The summed E-state index contributed by atoms with van der Waals surface area (Å²) in [5, 5.41) is 10.2. The summed E-state index contributed by atoms with van der Waals surface area (Å²) in [6.07, 6.45) is 5.36. The molecule has 24 heavy (non-hydrogen) atoms. The molecule has 0 unspecified atom stereocenters. The second-order valence-corrected chi connectivity index (χ2v) is 6.42. The van der Waals surface area contributed by atoms with Crippen LogP contribution >= 0.6 is 0 Å². The Kier molecular flexibility index (Phi) is 3.81. The van der Waals surface area contributed by atoms with Gasteiger partial charge in [-0.15, -0.1) is 0 Å². The van der Waals surface area contributed by atoms with Gasteiger partial charge in [-0.3, -0.25) is 4.79 Å². The molecule has 4 nitrogen and oxygen atoms in total. The van der Waals surface area contributed by atoms with Gasteiger partial charge in [-0.25, -0.2) is 4.98 Å². The summed E-state index contributed by atoms with van der Waals surface area (Å²) in [6, 6.07) is 12.4. The number of oxazole rings is 1. The number of carbonyl (C=O) groups excluding carboxylic acids is 1. The van der Waals surface area contributed by atoms with Gasteiger partial charge in [0.05, 0.1) is 5.56 Å². The Balaban J connectivity index is 1.71. The molecule has 1 aliphatic carbocycles. The van der Waals surface area contributed by atoms with Crippen molar-refractivity contribution in [2.24, 2.45) is 5.92 Å². The van der Waals surface area contributed by atoms with Gasteiger partial charge in [0.2, 0.25) is 5.89 Å². The van der Waals surface area contributed by atoms with Gasteiger partial charge in [0.25, 0.3) is 0 Å². The number of carbonyl (C=O) groups is 1. The molecule has 0 spiro atoms. The highest BCUT2D eigenvalue weighted by atomic mass is 16.3. The van der Waals surface area contributed by atoms with E-state index in [0.29, 0.717) is 22.6 Å². The maximum Gasteiger partial charge on any atom is 0.231 e. The summed E-state index contributed by atoms with van der Waals surface area (Å²) in [7, 11) is 0. The van der Waals surface area contributed by atoms with Crippen LogP contribution in [0.3, 0.4) is 0 Å². The van der Waals surface area contributed by atoms with Crippen molar-refractivity contribution in [2.45, 2.75) is 32.1 Å². The van der Waals surface area contributed by atoms with E-state index < -0.39 is 0 Å². The largest absolute Gasteiger partial charge is 0.507 e. The lowest BCUT2D eigenvalue weighted by molar-refractivity contribution is 0.0889. The Morgan fingerprint density at radius 1 is 1.08 bits per heavy atom. The molecule has 1 fully saturated rings. The molecule has 0 atom stereocenters. The fraction of sp³-hybridized carbons (Fsp3) is 0.300. The molecule has 2 aromatic carbocycles. The number of Topliss-reactive ketones (excluding diaryl/α,β-unsaturated/α-hetero) is 1. The number of rotatable bonds is 3. The van der Waals surface area contributed by atoms with Crippen LogP contribution in [0.25, 0.3) is 22.6 Å². The normalized spacial score (nSPS) is 15.7. The number of nitrogens with zero attached hydrogens (tertiary/aromatic N) is 1. The first-order valence-corrected chi connectivity index (χ1v) is 8.45. The first-order valence-electron chi connectivity index (χ1n) is 8.45. The number of hydrogen-bond acceptors (Lipinski definition) is 4. The first kappa shape index (κ1) is 14.9. The highest BCUT2D eigenvalue weighted by molar-refractivity contribution is 5.99. The van der Waals surface area contributed by atoms with Crippen LogP contribution in [0.2, 0.25) is 0 Å². The SMILES string of the molecule is O=C(c1ccc(O)c(-c2nc3ccccc3o2)c1)C1CCCCC1. The number of fused-ring (bicyclic) bond motifs is 1. The average molecular weight is 321 g/mol. The van der Waals surface area contributed by atoms with Crippen molar-refractivity contribution in [2.75, 3.05) is 0 Å². The Hall–Kier alpha value is -2.62. The quantitative estimate of drug-likeness (QED) is 0.692. The molecule has 0 radical (unpaired) electrons. The maximum absolute atomic E-state index is 12.7. The zero-order valence-electron chi connectivity index (χ0n) is 13.4. The van der Waals surface area contributed by atoms with E-state index in [1.54, 1.807) is 18.2 Å². The Labute approximate surface area is 140 Å². The molecule has 0 bridgehead atoms. The fourth-order valence-corrected chi connectivity index (χ4v) is 3.45. The van der Waals surface area contributed by atoms with E-state index >= 15 is 0 Å². The van der Waals surface area contributed by atoms with E-state index in [4.69, 9.17) is 4.42 Å². The number of para-hydroxylation sites is 2. The topological polar surface area (TPSA) is 63.3 Å². The van der Waals surface area contributed by atoms with E-state index in [-0.39, 0.29) is 17.5 Å². The average Bonchev–Trinajstić information content (AvgIpc) is 3.06. The fourth-order valence-electron chi connectivity index (χ4n) is 3.45. The Morgan fingerprint density at radius 3 is 2.67 bits per heavy atom. The van der Waals surface area contributed by atoms with Crippen molar-refractivity contribution in [3.05, 3.63) is 48.0 Å². The van der Waals surface area contributed by atoms with Gasteiger partial charge in [0.15, 0.2) is 11.4 Å². The van der Waals surface area contributed by atoms with Gasteiger partial charge in [0.1, 0.15) is 11.3 Å². The lowest BCUT2D eigenvalue weighted by Gasteiger charge is -2.20. The van der Waals surface area contributed by atoms with Crippen LogP contribution in [0.1, 0.15) is 42.5 Å². The first-order chi connectivity index (χ1) is 11.7. The number of ketones is 1. The molecule has 1 aromatic heterocycles. The summed E-state index contributed by atoms with van der Waals surface area (Å²) in [6.45, 7) is 0. The third kappa shape index (κ3) is 2.68. The highest BCUT2D eigenvalue weighted by Gasteiger charge is 2.23. The molecule has 0 saturated heterocycles. The summed E-state index contributed by atoms with van der Waals surface area (Å²) >= 11 is 0. The summed E-state index contributed by atoms with van der Waals surface area (Å²) in [5.74, 6) is 0.667. The van der Waals surface area contributed by atoms with Crippen molar-refractivity contribution in [3.63, 3.8) is 0 Å². The van der Waals surface area contributed by atoms with Gasteiger partial charge in [-0.2, -0.15) is 0 Å². The highest BCUT2D eigenvalue weighted by Crippen LogP contribution is 2.34. The summed E-state index contributed by atoms with van der Waals surface area (Å²) in [5.41, 5.74) is 2.48. The minimum absolute atomic E-state index is 0.0711. The number of aromatic hydroxyl groups is 1. The van der Waals surface area contributed by atoms with Gasteiger partial charge in [-0.05, 0) is 43.2 Å². The van der Waals surface area contributed by atoms with E-state index in [2.05, 4.69) is 4.98 Å². The molecule has 1 aliphatic rings. The number of phenols is 1. The third-order valence-corrected chi connectivity index (χ3v) is 4.78. The molecular formula is C20H19NO3. The van der Waals surface area contributed by atoms with E-state index in [0.717, 1.165) is 31.2 Å². The van der Waals surface area contributed by atoms with E-state index in [9.17, 15) is 9.90 Å². The molecule has 0 amide bonds. The summed E-state index contributed by atoms with van der Waals surface area (Å²) in [4.78, 5) is 17.2. The second-order valence-electron chi connectivity index (χ2n) is 6.42. The molecule has 122 valence electrons. The van der Waals surface area contributed by atoms with Gasteiger partial charge in [0, 0.05) is 11.5 Å². The van der Waals surface area contributed by atoms with Crippen molar-refractivity contribution in [1.29, 1.82) is 0 Å². The lowest BCUT2D eigenvalue weighted by Crippen LogP contribution is -2.17. The van der Waals surface area contributed by atoms with Crippen molar-refractivity contribution < 1.29 is 14.3 Å². The molecule has 0 aliphatic heterocycles. The zero-order valence-corrected chi connectivity index (χ0v) is 13.4. The lowest BCUT2D eigenvalue weighted by atomic mass is 9.83. The third-order valence-electron chi connectivity index (χ3n) is 4.78. The van der Waals surface area contributed by atoms with Crippen LogP contribution in [-0.4, -0.2) is 15.9 Å². The zero-order chi connectivity index (χ0) is 16.5.